The lowest BCUT2D eigenvalue weighted by Crippen LogP contribution is -2.23. The zero-order valence-electron chi connectivity index (χ0n) is 11.7. The monoisotopic (exact) mass is 292 g/mol. The molecule has 4 heteroatoms. The van der Waals surface area contributed by atoms with E-state index in [1.165, 1.54) is 23.3 Å². The van der Waals surface area contributed by atoms with Crippen LogP contribution in [0, 0.1) is 12.7 Å². The normalized spacial score (nSPS) is 10.6. The molecule has 2 N–H and O–H groups in total. The molecule has 0 aliphatic heterocycles. The number of nitrogen functional groups attached to an aromatic ring is 1. The molecule has 0 heterocycles. The van der Waals surface area contributed by atoms with Gasteiger partial charge in [0.05, 0.1) is 16.4 Å². The topological polar surface area (TPSA) is 29.3 Å². The van der Waals surface area contributed by atoms with Gasteiger partial charge in [0.25, 0.3) is 0 Å². The Balaban J connectivity index is 2.34. The average molecular weight is 293 g/mol. The van der Waals surface area contributed by atoms with Gasteiger partial charge in [0, 0.05) is 19.2 Å². The molecule has 0 aromatic heterocycles. The minimum atomic E-state index is -0.445. The van der Waals surface area contributed by atoms with Gasteiger partial charge in [0.1, 0.15) is 5.82 Å². The van der Waals surface area contributed by atoms with Gasteiger partial charge in [-0.05, 0) is 31.0 Å². The van der Waals surface area contributed by atoms with Crippen molar-refractivity contribution in [3.8, 4) is 0 Å². The van der Waals surface area contributed by atoms with E-state index < -0.39 is 5.82 Å². The van der Waals surface area contributed by atoms with Crippen molar-refractivity contribution in [2.75, 3.05) is 17.2 Å². The fourth-order valence-corrected chi connectivity index (χ4v) is 2.36. The number of hydrogen-bond acceptors (Lipinski definition) is 2. The second-order valence-corrected chi connectivity index (χ2v) is 5.17. The van der Waals surface area contributed by atoms with E-state index in [2.05, 4.69) is 19.1 Å². The van der Waals surface area contributed by atoms with E-state index in [1.54, 1.807) is 0 Å². The van der Waals surface area contributed by atoms with Gasteiger partial charge in [-0.2, -0.15) is 0 Å². The molecule has 0 aliphatic rings. The quantitative estimate of drug-likeness (QED) is 0.847. The third kappa shape index (κ3) is 3.05. The largest absolute Gasteiger partial charge is 0.397 e. The fraction of sp³-hybridized carbons (Fsp3) is 0.250. The Kier molecular flexibility index (Phi) is 4.50. The number of nitrogens with two attached hydrogens (primary N) is 1. The molecule has 0 unspecified atom stereocenters. The molecule has 20 heavy (non-hydrogen) atoms. The van der Waals surface area contributed by atoms with Crippen molar-refractivity contribution in [3.05, 3.63) is 58.4 Å². The first-order chi connectivity index (χ1) is 9.52. The average Bonchev–Trinajstić information content (AvgIpc) is 2.42. The molecule has 0 amide bonds. The number of halogens is 2. The van der Waals surface area contributed by atoms with Gasteiger partial charge >= 0.3 is 0 Å². The number of aryl methyl sites for hydroxylation is 1. The molecule has 0 bridgehead atoms. The van der Waals surface area contributed by atoms with Crippen LogP contribution in [0.25, 0.3) is 0 Å². The molecular weight excluding hydrogens is 275 g/mol. The van der Waals surface area contributed by atoms with Gasteiger partial charge in [0.2, 0.25) is 0 Å². The van der Waals surface area contributed by atoms with Gasteiger partial charge in [0.15, 0.2) is 0 Å². The Morgan fingerprint density at radius 3 is 2.60 bits per heavy atom. The van der Waals surface area contributed by atoms with Crippen LogP contribution in [-0.4, -0.2) is 6.54 Å². The van der Waals surface area contributed by atoms with Crippen LogP contribution in [0.2, 0.25) is 5.02 Å². The first-order valence-electron chi connectivity index (χ1n) is 6.57. The molecule has 106 valence electrons. The molecule has 2 nitrogen and oxygen atoms in total. The first-order valence-corrected chi connectivity index (χ1v) is 6.94. The minimum Gasteiger partial charge on any atom is -0.397 e. The summed E-state index contributed by atoms with van der Waals surface area (Å²) in [4.78, 5) is 2.04. The maximum Gasteiger partial charge on any atom is 0.144 e. The molecule has 0 atom stereocenters. The van der Waals surface area contributed by atoms with E-state index in [-0.39, 0.29) is 5.02 Å². The van der Waals surface area contributed by atoms with Crippen LogP contribution in [-0.2, 0) is 6.54 Å². The van der Waals surface area contributed by atoms with Crippen molar-refractivity contribution >= 4 is 23.0 Å². The standard InChI is InChI=1S/C16H18ClFN2/c1-3-20(10-12-7-5-4-6-11(12)2)16-9-14(18)13(17)8-15(16)19/h4-9H,3,10,19H2,1-2H3. The van der Waals surface area contributed by atoms with E-state index in [4.69, 9.17) is 17.3 Å². The zero-order chi connectivity index (χ0) is 14.7. The summed E-state index contributed by atoms with van der Waals surface area (Å²) in [5.41, 5.74) is 9.54. The van der Waals surface area contributed by atoms with E-state index in [1.807, 2.05) is 24.0 Å². The third-order valence-corrected chi connectivity index (χ3v) is 3.70. The third-order valence-electron chi connectivity index (χ3n) is 3.41. The summed E-state index contributed by atoms with van der Waals surface area (Å²) in [7, 11) is 0. The highest BCUT2D eigenvalue weighted by Crippen LogP contribution is 2.30. The minimum absolute atomic E-state index is 0.0539. The Labute approximate surface area is 124 Å². The van der Waals surface area contributed by atoms with Crippen LogP contribution in [0.15, 0.2) is 36.4 Å². The molecule has 0 aliphatic carbocycles. The van der Waals surface area contributed by atoms with Gasteiger partial charge in [-0.15, -0.1) is 0 Å². The fourth-order valence-electron chi connectivity index (χ4n) is 2.19. The lowest BCUT2D eigenvalue weighted by Gasteiger charge is -2.25. The Morgan fingerprint density at radius 2 is 1.95 bits per heavy atom. The Hall–Kier alpha value is -1.74. The molecule has 0 fully saturated rings. The summed E-state index contributed by atoms with van der Waals surface area (Å²) in [6, 6.07) is 11.0. The lowest BCUT2D eigenvalue weighted by atomic mass is 10.1. The molecule has 0 saturated carbocycles. The van der Waals surface area contributed by atoms with Gasteiger partial charge in [-0.1, -0.05) is 35.9 Å². The van der Waals surface area contributed by atoms with Crippen molar-refractivity contribution in [2.24, 2.45) is 0 Å². The van der Waals surface area contributed by atoms with Crippen LogP contribution in [0.1, 0.15) is 18.1 Å². The highest BCUT2D eigenvalue weighted by molar-refractivity contribution is 6.31. The van der Waals surface area contributed by atoms with E-state index in [0.717, 1.165) is 6.54 Å². The second-order valence-electron chi connectivity index (χ2n) is 4.77. The lowest BCUT2D eigenvalue weighted by molar-refractivity contribution is 0.627. The Bertz CT molecular complexity index is 613. The van der Waals surface area contributed by atoms with Gasteiger partial charge in [-0.25, -0.2) is 4.39 Å². The summed E-state index contributed by atoms with van der Waals surface area (Å²) in [5, 5.41) is 0.0539. The number of benzene rings is 2. The van der Waals surface area contributed by atoms with Crippen molar-refractivity contribution in [1.29, 1.82) is 0 Å². The molecule has 0 radical (unpaired) electrons. The van der Waals surface area contributed by atoms with Gasteiger partial charge < -0.3 is 10.6 Å². The van der Waals surface area contributed by atoms with E-state index in [9.17, 15) is 4.39 Å². The maximum atomic E-state index is 13.7. The van der Waals surface area contributed by atoms with Crippen LogP contribution >= 0.6 is 11.6 Å². The van der Waals surface area contributed by atoms with Gasteiger partial charge in [-0.3, -0.25) is 0 Å². The number of anilines is 2. The van der Waals surface area contributed by atoms with Crippen molar-refractivity contribution < 1.29 is 4.39 Å². The zero-order valence-corrected chi connectivity index (χ0v) is 12.4. The molecule has 2 aromatic rings. The van der Waals surface area contributed by atoms with Crippen molar-refractivity contribution in [1.82, 2.24) is 0 Å². The molecule has 2 rings (SSSR count). The SMILES string of the molecule is CCN(Cc1ccccc1C)c1cc(F)c(Cl)cc1N. The summed E-state index contributed by atoms with van der Waals surface area (Å²) >= 11 is 5.75. The van der Waals surface area contributed by atoms with E-state index in [0.29, 0.717) is 17.9 Å². The highest BCUT2D eigenvalue weighted by atomic mass is 35.5. The smallest absolute Gasteiger partial charge is 0.144 e. The first kappa shape index (κ1) is 14.7. The van der Waals surface area contributed by atoms with Crippen molar-refractivity contribution in [3.63, 3.8) is 0 Å². The second kappa shape index (κ2) is 6.14. The predicted molar refractivity (Wildman–Crippen MR) is 83.7 cm³/mol. The highest BCUT2D eigenvalue weighted by Gasteiger charge is 2.13. The maximum absolute atomic E-state index is 13.7. The van der Waals surface area contributed by atoms with Crippen molar-refractivity contribution in [2.45, 2.75) is 20.4 Å². The molecular formula is C16H18ClFN2. The number of rotatable bonds is 4. The summed E-state index contributed by atoms with van der Waals surface area (Å²) < 4.78 is 13.7. The molecule has 2 aromatic carbocycles. The molecule has 0 spiro atoms. The van der Waals surface area contributed by atoms with Crippen LogP contribution in [0.3, 0.4) is 0 Å². The number of nitrogens with zero attached hydrogens (tertiary/aromatic N) is 1. The predicted octanol–water partition coefficient (Wildman–Crippen LogP) is 4.40. The van der Waals surface area contributed by atoms with Crippen LogP contribution in [0.5, 0.6) is 0 Å². The van der Waals surface area contributed by atoms with E-state index >= 15 is 0 Å². The van der Waals surface area contributed by atoms with Crippen LogP contribution in [0.4, 0.5) is 15.8 Å². The summed E-state index contributed by atoms with van der Waals surface area (Å²) in [5.74, 6) is -0.445. The summed E-state index contributed by atoms with van der Waals surface area (Å²) in [6.45, 7) is 5.51. The van der Waals surface area contributed by atoms with Crippen LogP contribution < -0.4 is 10.6 Å². The Morgan fingerprint density at radius 1 is 1.25 bits per heavy atom. The number of hydrogen-bond donors (Lipinski definition) is 1. The summed E-state index contributed by atoms with van der Waals surface area (Å²) in [6.07, 6.45) is 0. The molecule has 0 saturated heterocycles.